The van der Waals surface area contributed by atoms with Crippen LogP contribution in [0.4, 0.5) is 0 Å². The third-order valence-electron chi connectivity index (χ3n) is 2.82. The van der Waals surface area contributed by atoms with Crippen molar-refractivity contribution in [3.63, 3.8) is 0 Å². The van der Waals surface area contributed by atoms with Gasteiger partial charge in [0.1, 0.15) is 5.75 Å². The van der Waals surface area contributed by atoms with Gasteiger partial charge in [-0.05, 0) is 17.7 Å². The molecule has 1 saturated heterocycles. The van der Waals surface area contributed by atoms with Gasteiger partial charge in [-0.1, -0.05) is 17.7 Å². The van der Waals surface area contributed by atoms with Gasteiger partial charge in [0.25, 0.3) is 0 Å². The quantitative estimate of drug-likeness (QED) is 0.824. The summed E-state index contributed by atoms with van der Waals surface area (Å²) < 4.78 is 10.4. The van der Waals surface area contributed by atoms with E-state index < -0.39 is 0 Å². The van der Waals surface area contributed by atoms with Gasteiger partial charge in [0.05, 0.1) is 30.8 Å². The molecule has 0 unspecified atom stereocenters. The van der Waals surface area contributed by atoms with E-state index in [-0.39, 0.29) is 5.41 Å². The van der Waals surface area contributed by atoms with Crippen LogP contribution in [0.25, 0.3) is 0 Å². The third-order valence-corrected chi connectivity index (χ3v) is 3.72. The molecule has 15 heavy (non-hydrogen) atoms. The Labute approximate surface area is 99.9 Å². The van der Waals surface area contributed by atoms with Crippen LogP contribution in [0, 0.1) is 0 Å². The molecule has 2 nitrogen and oxygen atoms in total. The SMILES string of the molecule is COc1ccc(C2(CS)COC2)cc1Cl. The molecule has 82 valence electrons. The molecule has 1 fully saturated rings. The maximum atomic E-state index is 6.08. The topological polar surface area (TPSA) is 18.5 Å². The lowest BCUT2D eigenvalue weighted by molar-refractivity contribution is -0.0470. The van der Waals surface area contributed by atoms with Gasteiger partial charge in [0.15, 0.2) is 0 Å². The Morgan fingerprint density at radius 2 is 2.27 bits per heavy atom. The minimum Gasteiger partial charge on any atom is -0.495 e. The second kappa shape index (κ2) is 4.24. The van der Waals surface area contributed by atoms with Gasteiger partial charge in [-0.25, -0.2) is 0 Å². The zero-order chi connectivity index (χ0) is 10.9. The van der Waals surface area contributed by atoms with E-state index >= 15 is 0 Å². The Hall–Kier alpha value is -0.380. The van der Waals surface area contributed by atoms with E-state index in [0.717, 1.165) is 19.0 Å². The molecule has 4 heteroatoms. The van der Waals surface area contributed by atoms with E-state index in [4.69, 9.17) is 21.1 Å². The molecule has 1 aliphatic rings. The number of thiol groups is 1. The predicted molar refractivity (Wildman–Crippen MR) is 64.4 cm³/mol. The summed E-state index contributed by atoms with van der Waals surface area (Å²) in [6.45, 7) is 1.44. The van der Waals surface area contributed by atoms with Crippen LogP contribution in [0.5, 0.6) is 5.75 Å². The van der Waals surface area contributed by atoms with Crippen LogP contribution in [0.3, 0.4) is 0 Å². The first-order valence-electron chi connectivity index (χ1n) is 4.74. The molecule has 1 aliphatic heterocycles. The number of rotatable bonds is 3. The smallest absolute Gasteiger partial charge is 0.137 e. The standard InChI is InChI=1S/C11H13ClO2S/c1-13-10-3-2-8(4-9(10)12)11(7-15)5-14-6-11/h2-4,15H,5-7H2,1H3. The normalized spacial score (nSPS) is 18.3. The number of hydrogen-bond acceptors (Lipinski definition) is 3. The fraction of sp³-hybridized carbons (Fsp3) is 0.455. The van der Waals surface area contributed by atoms with E-state index in [9.17, 15) is 0 Å². The van der Waals surface area contributed by atoms with Crippen LogP contribution >= 0.6 is 24.2 Å². The number of ether oxygens (including phenoxy) is 2. The van der Waals surface area contributed by atoms with Crippen molar-refractivity contribution in [2.75, 3.05) is 26.1 Å². The summed E-state index contributed by atoms with van der Waals surface area (Å²) >= 11 is 10.5. The minimum absolute atomic E-state index is 0.0407. The zero-order valence-corrected chi connectivity index (χ0v) is 10.1. The second-order valence-electron chi connectivity index (χ2n) is 3.78. The van der Waals surface area contributed by atoms with Crippen LogP contribution in [-0.2, 0) is 10.2 Å². The number of halogens is 1. The summed E-state index contributed by atoms with van der Waals surface area (Å²) in [7, 11) is 1.61. The molecule has 0 spiro atoms. The largest absolute Gasteiger partial charge is 0.495 e. The molecular formula is C11H13ClO2S. The first kappa shape index (κ1) is 11.1. The number of hydrogen-bond donors (Lipinski definition) is 1. The molecule has 1 aromatic carbocycles. The zero-order valence-electron chi connectivity index (χ0n) is 8.50. The van der Waals surface area contributed by atoms with Gasteiger partial charge in [-0.2, -0.15) is 12.6 Å². The minimum atomic E-state index is 0.0407. The lowest BCUT2D eigenvalue weighted by atomic mass is 9.80. The monoisotopic (exact) mass is 244 g/mol. The Morgan fingerprint density at radius 3 is 2.67 bits per heavy atom. The summed E-state index contributed by atoms with van der Waals surface area (Å²) in [4.78, 5) is 0. The van der Waals surface area contributed by atoms with Crippen LogP contribution < -0.4 is 4.74 Å². The van der Waals surface area contributed by atoms with Crippen molar-refractivity contribution in [2.24, 2.45) is 0 Å². The highest BCUT2D eigenvalue weighted by Crippen LogP contribution is 2.37. The fourth-order valence-electron chi connectivity index (χ4n) is 1.69. The van der Waals surface area contributed by atoms with Crippen molar-refractivity contribution in [1.29, 1.82) is 0 Å². The van der Waals surface area contributed by atoms with Gasteiger partial charge in [-0.3, -0.25) is 0 Å². The first-order chi connectivity index (χ1) is 7.22. The van der Waals surface area contributed by atoms with Crippen molar-refractivity contribution in [1.82, 2.24) is 0 Å². The summed E-state index contributed by atoms with van der Waals surface area (Å²) in [6, 6.07) is 5.86. The Morgan fingerprint density at radius 1 is 1.53 bits per heavy atom. The molecule has 0 bridgehead atoms. The third kappa shape index (κ3) is 1.84. The van der Waals surface area contributed by atoms with Crippen molar-refractivity contribution >= 4 is 24.2 Å². The van der Waals surface area contributed by atoms with Gasteiger partial charge in [0.2, 0.25) is 0 Å². The average Bonchev–Trinajstić information content (AvgIpc) is 2.17. The highest BCUT2D eigenvalue weighted by atomic mass is 35.5. The fourth-order valence-corrected chi connectivity index (χ4v) is 2.32. The predicted octanol–water partition coefficient (Wildman–Crippen LogP) is 2.55. The van der Waals surface area contributed by atoms with Crippen LogP contribution in [-0.4, -0.2) is 26.1 Å². The molecule has 0 saturated carbocycles. The van der Waals surface area contributed by atoms with Gasteiger partial charge >= 0.3 is 0 Å². The summed E-state index contributed by atoms with van der Waals surface area (Å²) in [5.74, 6) is 1.48. The van der Waals surface area contributed by atoms with E-state index in [0.29, 0.717) is 10.8 Å². The number of methoxy groups -OCH3 is 1. The van der Waals surface area contributed by atoms with Gasteiger partial charge < -0.3 is 9.47 Å². The molecule has 1 heterocycles. The summed E-state index contributed by atoms with van der Waals surface area (Å²) in [6.07, 6.45) is 0. The van der Waals surface area contributed by atoms with Crippen molar-refractivity contribution in [3.8, 4) is 5.75 Å². The van der Waals surface area contributed by atoms with Crippen LogP contribution in [0.2, 0.25) is 5.02 Å². The Kier molecular flexibility index (Phi) is 3.14. The maximum absolute atomic E-state index is 6.08. The molecule has 0 aromatic heterocycles. The molecule has 0 amide bonds. The molecule has 0 N–H and O–H groups in total. The molecule has 0 aliphatic carbocycles. The molecular weight excluding hydrogens is 232 g/mol. The average molecular weight is 245 g/mol. The molecule has 2 rings (SSSR count). The van der Waals surface area contributed by atoms with Crippen LogP contribution in [0.15, 0.2) is 18.2 Å². The van der Waals surface area contributed by atoms with E-state index in [1.165, 1.54) is 5.56 Å². The highest BCUT2D eigenvalue weighted by Gasteiger charge is 2.39. The maximum Gasteiger partial charge on any atom is 0.137 e. The first-order valence-corrected chi connectivity index (χ1v) is 5.75. The van der Waals surface area contributed by atoms with Crippen LogP contribution in [0.1, 0.15) is 5.56 Å². The van der Waals surface area contributed by atoms with Crippen molar-refractivity contribution < 1.29 is 9.47 Å². The van der Waals surface area contributed by atoms with Gasteiger partial charge in [0, 0.05) is 5.75 Å². The van der Waals surface area contributed by atoms with E-state index in [1.807, 2.05) is 18.2 Å². The molecule has 0 atom stereocenters. The lowest BCUT2D eigenvalue weighted by Crippen LogP contribution is -2.48. The Bertz CT molecular complexity index is 358. The highest BCUT2D eigenvalue weighted by molar-refractivity contribution is 7.80. The Balaban J connectivity index is 2.33. The molecule has 0 radical (unpaired) electrons. The van der Waals surface area contributed by atoms with Gasteiger partial charge in [-0.15, -0.1) is 0 Å². The van der Waals surface area contributed by atoms with Crippen molar-refractivity contribution in [3.05, 3.63) is 28.8 Å². The summed E-state index contributed by atoms with van der Waals surface area (Å²) in [5, 5.41) is 0.642. The summed E-state index contributed by atoms with van der Waals surface area (Å²) in [5.41, 5.74) is 1.22. The second-order valence-corrected chi connectivity index (χ2v) is 4.50. The number of benzene rings is 1. The van der Waals surface area contributed by atoms with E-state index in [2.05, 4.69) is 12.6 Å². The van der Waals surface area contributed by atoms with Crippen molar-refractivity contribution in [2.45, 2.75) is 5.41 Å². The lowest BCUT2D eigenvalue weighted by Gasteiger charge is -2.41. The van der Waals surface area contributed by atoms with E-state index in [1.54, 1.807) is 7.11 Å². The molecule has 1 aromatic rings.